The molecule has 19 heavy (non-hydrogen) atoms. The number of anilines is 1. The molecule has 1 aromatic heterocycles. The monoisotopic (exact) mass is 267 g/mol. The first-order chi connectivity index (χ1) is 9.11. The zero-order valence-electron chi connectivity index (χ0n) is 11.1. The Morgan fingerprint density at radius 3 is 3.11 bits per heavy atom. The van der Waals surface area contributed by atoms with Crippen molar-refractivity contribution in [2.45, 2.75) is 39.2 Å². The van der Waals surface area contributed by atoms with E-state index < -0.39 is 5.82 Å². The number of halogens is 1. The third-order valence-corrected chi connectivity index (χ3v) is 3.29. The molecule has 104 valence electrons. The molecule has 0 unspecified atom stereocenters. The fraction of sp³-hybridized carbons (Fsp3) is 0.615. The lowest BCUT2D eigenvalue weighted by molar-refractivity contribution is -0.148. The Morgan fingerprint density at radius 1 is 1.58 bits per heavy atom. The van der Waals surface area contributed by atoms with Crippen molar-refractivity contribution in [1.29, 1.82) is 0 Å². The average Bonchev–Trinajstić information content (AvgIpc) is 2.82. The minimum Gasteiger partial charge on any atom is -0.466 e. The van der Waals surface area contributed by atoms with Gasteiger partial charge in [0.05, 0.1) is 18.7 Å². The van der Waals surface area contributed by atoms with Gasteiger partial charge in [-0.25, -0.2) is 14.4 Å². The topological polar surface area (TPSA) is 64.1 Å². The molecule has 1 aliphatic carbocycles. The number of esters is 1. The van der Waals surface area contributed by atoms with Gasteiger partial charge in [-0.3, -0.25) is 4.79 Å². The van der Waals surface area contributed by atoms with Gasteiger partial charge in [0.2, 0.25) is 0 Å². The second-order valence-corrected chi connectivity index (χ2v) is 4.65. The van der Waals surface area contributed by atoms with Gasteiger partial charge in [-0.2, -0.15) is 0 Å². The molecule has 0 bridgehead atoms. The Bertz CT molecular complexity index is 467. The van der Waals surface area contributed by atoms with E-state index in [4.69, 9.17) is 4.74 Å². The van der Waals surface area contributed by atoms with Crippen LogP contribution in [-0.2, 0) is 9.53 Å². The van der Waals surface area contributed by atoms with Crippen LogP contribution in [0, 0.1) is 18.7 Å². The van der Waals surface area contributed by atoms with Crippen molar-refractivity contribution in [3.05, 3.63) is 17.8 Å². The van der Waals surface area contributed by atoms with Crippen molar-refractivity contribution in [2.24, 2.45) is 5.92 Å². The van der Waals surface area contributed by atoms with Crippen molar-refractivity contribution >= 4 is 11.8 Å². The smallest absolute Gasteiger partial charge is 0.311 e. The van der Waals surface area contributed by atoms with Gasteiger partial charge in [-0.05, 0) is 26.7 Å². The SMILES string of the molecule is CCOC(=O)[C@H]1CCC[C@@H]1Nc1nc(C)ncc1F. The summed E-state index contributed by atoms with van der Waals surface area (Å²) in [4.78, 5) is 19.6. The predicted molar refractivity (Wildman–Crippen MR) is 68.1 cm³/mol. The number of carbonyl (C=O) groups excluding carboxylic acids is 1. The number of aryl methyl sites for hydroxylation is 1. The molecule has 1 aromatic rings. The van der Waals surface area contributed by atoms with E-state index in [-0.39, 0.29) is 23.7 Å². The first-order valence-corrected chi connectivity index (χ1v) is 6.54. The molecule has 1 fully saturated rings. The summed E-state index contributed by atoms with van der Waals surface area (Å²) in [5.41, 5.74) is 0. The highest BCUT2D eigenvalue weighted by atomic mass is 19.1. The van der Waals surface area contributed by atoms with Gasteiger partial charge in [0.25, 0.3) is 0 Å². The number of hydrogen-bond acceptors (Lipinski definition) is 5. The highest BCUT2D eigenvalue weighted by Crippen LogP contribution is 2.29. The van der Waals surface area contributed by atoms with Crippen LogP contribution in [0.5, 0.6) is 0 Å². The number of ether oxygens (including phenoxy) is 1. The molecular formula is C13H18FN3O2. The maximum Gasteiger partial charge on any atom is 0.311 e. The average molecular weight is 267 g/mol. The Balaban J connectivity index is 2.09. The van der Waals surface area contributed by atoms with E-state index in [1.165, 1.54) is 0 Å². The Labute approximate surface area is 111 Å². The van der Waals surface area contributed by atoms with Crippen LogP contribution in [0.4, 0.5) is 10.2 Å². The summed E-state index contributed by atoms with van der Waals surface area (Å²) < 4.78 is 18.6. The lowest BCUT2D eigenvalue weighted by Crippen LogP contribution is -2.32. The van der Waals surface area contributed by atoms with Gasteiger partial charge in [0, 0.05) is 6.04 Å². The zero-order valence-corrected chi connectivity index (χ0v) is 11.1. The van der Waals surface area contributed by atoms with E-state index in [1.807, 2.05) is 0 Å². The molecule has 2 atom stereocenters. The van der Waals surface area contributed by atoms with Crippen molar-refractivity contribution < 1.29 is 13.9 Å². The Morgan fingerprint density at radius 2 is 2.37 bits per heavy atom. The van der Waals surface area contributed by atoms with E-state index >= 15 is 0 Å². The summed E-state index contributed by atoms with van der Waals surface area (Å²) in [5.74, 6) is -0.290. The van der Waals surface area contributed by atoms with Crippen LogP contribution in [0.15, 0.2) is 6.20 Å². The van der Waals surface area contributed by atoms with Gasteiger partial charge in [-0.15, -0.1) is 0 Å². The van der Waals surface area contributed by atoms with E-state index in [0.717, 1.165) is 25.5 Å². The maximum absolute atomic E-state index is 13.6. The molecule has 1 N–H and O–H groups in total. The van der Waals surface area contributed by atoms with Gasteiger partial charge in [0.1, 0.15) is 5.82 Å². The minimum absolute atomic E-state index is 0.122. The highest BCUT2D eigenvalue weighted by Gasteiger charge is 2.34. The summed E-state index contributed by atoms with van der Waals surface area (Å²) in [7, 11) is 0. The second kappa shape index (κ2) is 5.95. The number of hydrogen-bond donors (Lipinski definition) is 1. The summed E-state index contributed by atoms with van der Waals surface area (Å²) in [6, 6.07) is -0.122. The molecule has 0 aromatic carbocycles. The lowest BCUT2D eigenvalue weighted by Gasteiger charge is -2.20. The van der Waals surface area contributed by atoms with Gasteiger partial charge in [-0.1, -0.05) is 6.42 Å². The molecule has 0 saturated heterocycles. The van der Waals surface area contributed by atoms with Crippen molar-refractivity contribution in [3.8, 4) is 0 Å². The predicted octanol–water partition coefficient (Wildman–Crippen LogP) is 2.07. The summed E-state index contributed by atoms with van der Waals surface area (Å²) in [6.07, 6.45) is 3.64. The van der Waals surface area contributed by atoms with Crippen molar-refractivity contribution in [3.63, 3.8) is 0 Å². The maximum atomic E-state index is 13.6. The largest absolute Gasteiger partial charge is 0.466 e. The van der Waals surface area contributed by atoms with E-state index in [0.29, 0.717) is 12.4 Å². The van der Waals surface area contributed by atoms with Gasteiger partial charge in [0.15, 0.2) is 11.6 Å². The van der Waals surface area contributed by atoms with E-state index in [2.05, 4.69) is 15.3 Å². The van der Waals surface area contributed by atoms with Crippen molar-refractivity contribution in [1.82, 2.24) is 9.97 Å². The molecule has 5 nitrogen and oxygen atoms in total. The normalized spacial score (nSPS) is 22.3. The number of nitrogens with zero attached hydrogens (tertiary/aromatic N) is 2. The fourth-order valence-electron chi connectivity index (χ4n) is 2.40. The molecular weight excluding hydrogens is 249 g/mol. The first-order valence-electron chi connectivity index (χ1n) is 6.54. The number of rotatable bonds is 4. The molecule has 1 aliphatic rings. The Hall–Kier alpha value is -1.72. The standard InChI is InChI=1S/C13H18FN3O2/c1-3-19-13(18)9-5-4-6-11(9)17-12-10(14)7-15-8(2)16-12/h7,9,11H,3-6H2,1-2H3,(H,15,16,17)/t9-,11-/m0/s1. The molecule has 1 heterocycles. The van der Waals surface area contributed by atoms with E-state index in [9.17, 15) is 9.18 Å². The number of carbonyl (C=O) groups is 1. The van der Waals surface area contributed by atoms with Crippen molar-refractivity contribution in [2.75, 3.05) is 11.9 Å². The number of nitrogens with one attached hydrogen (secondary N) is 1. The van der Waals surface area contributed by atoms with Crippen LogP contribution in [0.2, 0.25) is 0 Å². The molecule has 1 saturated carbocycles. The van der Waals surface area contributed by atoms with Crippen LogP contribution in [0.1, 0.15) is 32.0 Å². The molecule has 0 aliphatic heterocycles. The molecule has 6 heteroatoms. The summed E-state index contributed by atoms with van der Waals surface area (Å²) in [5, 5.41) is 3.01. The summed E-state index contributed by atoms with van der Waals surface area (Å²) in [6.45, 7) is 3.84. The minimum atomic E-state index is -0.500. The van der Waals surface area contributed by atoms with Crippen LogP contribution >= 0.6 is 0 Å². The molecule has 0 amide bonds. The molecule has 0 radical (unpaired) electrons. The molecule has 0 spiro atoms. The van der Waals surface area contributed by atoms with Crippen LogP contribution < -0.4 is 5.32 Å². The highest BCUT2D eigenvalue weighted by molar-refractivity contribution is 5.74. The third kappa shape index (κ3) is 3.19. The van der Waals surface area contributed by atoms with Gasteiger partial charge < -0.3 is 10.1 Å². The second-order valence-electron chi connectivity index (χ2n) is 4.65. The quantitative estimate of drug-likeness (QED) is 0.846. The van der Waals surface area contributed by atoms with Crippen LogP contribution in [0.25, 0.3) is 0 Å². The first kappa shape index (κ1) is 13.7. The van der Waals surface area contributed by atoms with E-state index in [1.54, 1.807) is 13.8 Å². The Kier molecular flexibility index (Phi) is 4.29. The molecule has 2 rings (SSSR count). The van der Waals surface area contributed by atoms with Gasteiger partial charge >= 0.3 is 5.97 Å². The van der Waals surface area contributed by atoms with Crippen LogP contribution in [-0.4, -0.2) is 28.6 Å². The third-order valence-electron chi connectivity index (χ3n) is 3.29. The fourth-order valence-corrected chi connectivity index (χ4v) is 2.40. The summed E-state index contributed by atoms with van der Waals surface area (Å²) >= 11 is 0. The number of aromatic nitrogens is 2. The lowest BCUT2D eigenvalue weighted by atomic mass is 10.0. The van der Waals surface area contributed by atoms with Crippen LogP contribution in [0.3, 0.4) is 0 Å². The zero-order chi connectivity index (χ0) is 13.8.